The van der Waals surface area contributed by atoms with E-state index in [0.29, 0.717) is 20.2 Å². The Morgan fingerprint density at radius 3 is 2.54 bits per heavy atom. The van der Waals surface area contributed by atoms with Gasteiger partial charge in [0.2, 0.25) is 5.91 Å². The molecule has 0 aliphatic rings. The van der Waals surface area contributed by atoms with Crippen molar-refractivity contribution in [3.8, 4) is 0 Å². The van der Waals surface area contributed by atoms with Gasteiger partial charge in [0.15, 0.2) is 20.8 Å². The van der Waals surface area contributed by atoms with Crippen molar-refractivity contribution in [3.63, 3.8) is 0 Å². The molecule has 0 aliphatic heterocycles. The highest BCUT2D eigenvalue weighted by Crippen LogP contribution is 2.28. The molecule has 0 fully saturated rings. The number of fused-ring (bicyclic) bond motifs is 1. The predicted molar refractivity (Wildman–Crippen MR) is 104 cm³/mol. The molecular formula is C17H16N2O4S3. The summed E-state index contributed by atoms with van der Waals surface area (Å²) in [5.41, 5.74) is 0.614. The van der Waals surface area contributed by atoms with E-state index in [9.17, 15) is 18.0 Å². The second kappa shape index (κ2) is 7.26. The van der Waals surface area contributed by atoms with E-state index in [4.69, 9.17) is 0 Å². The topological polar surface area (TPSA) is 93.2 Å². The smallest absolute Gasteiger partial charge is 0.226 e. The van der Waals surface area contributed by atoms with Crippen LogP contribution >= 0.6 is 22.7 Å². The molecule has 0 spiro atoms. The third-order valence-electron chi connectivity index (χ3n) is 3.63. The molecule has 0 atom stereocenters. The van der Waals surface area contributed by atoms with Crippen molar-refractivity contribution in [1.29, 1.82) is 0 Å². The average molecular weight is 409 g/mol. The number of aromatic nitrogens is 1. The molecule has 0 aliphatic carbocycles. The Labute approximate surface area is 158 Å². The molecular weight excluding hydrogens is 392 g/mol. The first kappa shape index (κ1) is 18.7. The third kappa shape index (κ3) is 4.35. The molecule has 3 aromatic rings. The molecule has 136 valence electrons. The fourth-order valence-corrected chi connectivity index (χ4v) is 4.78. The zero-order valence-electron chi connectivity index (χ0n) is 14.1. The van der Waals surface area contributed by atoms with Crippen LogP contribution in [0.3, 0.4) is 0 Å². The Balaban J connectivity index is 1.64. The number of nitrogens with zero attached hydrogens (tertiary/aromatic N) is 1. The first-order chi connectivity index (χ1) is 12.2. The van der Waals surface area contributed by atoms with Crippen molar-refractivity contribution in [1.82, 2.24) is 4.98 Å². The Morgan fingerprint density at radius 2 is 1.88 bits per heavy atom. The average Bonchev–Trinajstić information content (AvgIpc) is 3.16. The number of benzene rings is 1. The number of hydrogen-bond donors (Lipinski definition) is 1. The maximum absolute atomic E-state index is 12.1. The van der Waals surface area contributed by atoms with Crippen LogP contribution in [0.1, 0.15) is 27.4 Å². The van der Waals surface area contributed by atoms with Gasteiger partial charge in [-0.05, 0) is 37.3 Å². The van der Waals surface area contributed by atoms with E-state index in [0.717, 1.165) is 11.1 Å². The number of carbonyl (C=O) groups excluding carboxylic acids is 2. The van der Waals surface area contributed by atoms with Crippen molar-refractivity contribution in [2.45, 2.75) is 24.7 Å². The number of thiazole rings is 1. The summed E-state index contributed by atoms with van der Waals surface area (Å²) in [6, 6.07) is 8.29. The summed E-state index contributed by atoms with van der Waals surface area (Å²) in [4.78, 5) is 30.3. The monoisotopic (exact) mass is 408 g/mol. The molecule has 0 bridgehead atoms. The lowest BCUT2D eigenvalue weighted by molar-refractivity contribution is -0.116. The Kier molecular flexibility index (Phi) is 5.22. The van der Waals surface area contributed by atoms with Crippen LogP contribution in [-0.2, 0) is 14.6 Å². The number of anilines is 1. The molecule has 26 heavy (non-hydrogen) atoms. The highest BCUT2D eigenvalue weighted by atomic mass is 32.2. The van der Waals surface area contributed by atoms with Crippen LogP contribution in [0.25, 0.3) is 10.2 Å². The van der Waals surface area contributed by atoms with E-state index in [2.05, 4.69) is 10.3 Å². The molecule has 0 saturated carbocycles. The Bertz CT molecular complexity index is 1100. The van der Waals surface area contributed by atoms with E-state index >= 15 is 0 Å². The van der Waals surface area contributed by atoms with Gasteiger partial charge in [-0.25, -0.2) is 13.4 Å². The standard InChI is InChI=1S/C17H16N2O4S3/c1-10-3-7-14(24-10)13(20)6-8-16(21)19-17-18-12-5-4-11(26(2,22)23)9-15(12)25-17/h3-5,7,9H,6,8H2,1-2H3,(H,18,19,21). The molecule has 6 nitrogen and oxygen atoms in total. The van der Waals surface area contributed by atoms with Crippen LogP contribution in [0.2, 0.25) is 0 Å². The number of hydrogen-bond acceptors (Lipinski definition) is 7. The number of nitrogens with one attached hydrogen (secondary N) is 1. The van der Waals surface area contributed by atoms with Crippen molar-refractivity contribution in [2.75, 3.05) is 11.6 Å². The Morgan fingerprint density at radius 1 is 1.12 bits per heavy atom. The van der Waals surface area contributed by atoms with Crippen molar-refractivity contribution >= 4 is 59.5 Å². The van der Waals surface area contributed by atoms with Gasteiger partial charge in [0.25, 0.3) is 0 Å². The number of rotatable bonds is 6. The van der Waals surface area contributed by atoms with Gasteiger partial charge in [0.1, 0.15) is 0 Å². The minimum atomic E-state index is -3.30. The molecule has 3 rings (SSSR count). The number of thiophene rings is 1. The molecule has 1 aromatic carbocycles. The maximum Gasteiger partial charge on any atom is 0.226 e. The minimum absolute atomic E-state index is 0.0552. The largest absolute Gasteiger partial charge is 0.302 e. The van der Waals surface area contributed by atoms with Gasteiger partial charge in [0.05, 0.1) is 20.0 Å². The van der Waals surface area contributed by atoms with Crippen LogP contribution in [0.4, 0.5) is 5.13 Å². The summed E-state index contributed by atoms with van der Waals surface area (Å²) in [5.74, 6) is -0.352. The van der Waals surface area contributed by atoms with Gasteiger partial charge in [-0.1, -0.05) is 11.3 Å². The quantitative estimate of drug-likeness (QED) is 0.628. The molecule has 2 heterocycles. The number of Topliss-reactive ketones (excluding diaryl/α,β-unsaturated/α-hetero) is 1. The second-order valence-corrected chi connectivity index (χ2v) is 10.1. The zero-order valence-corrected chi connectivity index (χ0v) is 16.6. The summed E-state index contributed by atoms with van der Waals surface area (Å²) in [7, 11) is -3.30. The number of carbonyl (C=O) groups is 2. The SMILES string of the molecule is Cc1ccc(C(=O)CCC(=O)Nc2nc3ccc(S(C)(=O)=O)cc3s2)s1. The summed E-state index contributed by atoms with van der Waals surface area (Å²) in [6.07, 6.45) is 1.35. The zero-order chi connectivity index (χ0) is 18.9. The number of ketones is 1. The first-order valence-electron chi connectivity index (χ1n) is 7.72. The fraction of sp³-hybridized carbons (Fsp3) is 0.235. The van der Waals surface area contributed by atoms with E-state index in [-0.39, 0.29) is 29.4 Å². The van der Waals surface area contributed by atoms with Gasteiger partial charge in [-0.2, -0.15) is 0 Å². The lowest BCUT2D eigenvalue weighted by atomic mass is 10.2. The number of amides is 1. The molecule has 0 unspecified atom stereocenters. The minimum Gasteiger partial charge on any atom is -0.302 e. The van der Waals surface area contributed by atoms with E-state index in [1.807, 2.05) is 13.0 Å². The van der Waals surface area contributed by atoms with Gasteiger partial charge in [0, 0.05) is 24.0 Å². The molecule has 0 radical (unpaired) electrons. The first-order valence-corrected chi connectivity index (χ1v) is 11.2. The van der Waals surface area contributed by atoms with E-state index in [1.165, 1.54) is 28.7 Å². The van der Waals surface area contributed by atoms with Crippen molar-refractivity contribution in [2.24, 2.45) is 0 Å². The molecule has 1 N–H and O–H groups in total. The Hall–Kier alpha value is -2.10. The van der Waals surface area contributed by atoms with Gasteiger partial charge >= 0.3 is 0 Å². The maximum atomic E-state index is 12.1. The van der Waals surface area contributed by atoms with Gasteiger partial charge < -0.3 is 5.32 Å². The summed E-state index contributed by atoms with van der Waals surface area (Å²) >= 11 is 2.62. The molecule has 9 heteroatoms. The third-order valence-corrected chi connectivity index (χ3v) is 6.71. The van der Waals surface area contributed by atoms with Crippen LogP contribution in [0.5, 0.6) is 0 Å². The lowest BCUT2D eigenvalue weighted by Crippen LogP contribution is -2.12. The molecule has 1 amide bonds. The second-order valence-electron chi connectivity index (χ2n) is 5.80. The van der Waals surface area contributed by atoms with E-state index in [1.54, 1.807) is 18.2 Å². The van der Waals surface area contributed by atoms with Crippen molar-refractivity contribution < 1.29 is 18.0 Å². The van der Waals surface area contributed by atoms with Crippen LogP contribution in [0.15, 0.2) is 35.2 Å². The van der Waals surface area contributed by atoms with Gasteiger partial charge in [-0.3, -0.25) is 9.59 Å². The summed E-state index contributed by atoms with van der Waals surface area (Å²) < 4.78 is 23.9. The summed E-state index contributed by atoms with van der Waals surface area (Å²) in [5, 5.41) is 3.06. The number of aryl methyl sites for hydroxylation is 1. The predicted octanol–water partition coefficient (Wildman–Crippen LogP) is 3.67. The van der Waals surface area contributed by atoms with Gasteiger partial charge in [-0.15, -0.1) is 11.3 Å². The number of sulfone groups is 1. The van der Waals surface area contributed by atoms with E-state index < -0.39 is 9.84 Å². The molecule has 2 aromatic heterocycles. The lowest BCUT2D eigenvalue weighted by Gasteiger charge is -2.00. The van der Waals surface area contributed by atoms with Crippen LogP contribution in [0, 0.1) is 6.92 Å². The van der Waals surface area contributed by atoms with Crippen LogP contribution in [-0.4, -0.2) is 31.3 Å². The fourth-order valence-electron chi connectivity index (χ4n) is 2.31. The summed E-state index contributed by atoms with van der Waals surface area (Å²) in [6.45, 7) is 1.93. The molecule has 0 saturated heterocycles. The highest BCUT2D eigenvalue weighted by molar-refractivity contribution is 7.90. The normalized spacial score (nSPS) is 11.6. The van der Waals surface area contributed by atoms with Crippen LogP contribution < -0.4 is 5.32 Å². The van der Waals surface area contributed by atoms with Crippen molar-refractivity contribution in [3.05, 3.63) is 40.1 Å². The highest BCUT2D eigenvalue weighted by Gasteiger charge is 2.14.